The van der Waals surface area contributed by atoms with Crippen molar-refractivity contribution < 1.29 is 22.4 Å². The van der Waals surface area contributed by atoms with Gasteiger partial charge in [0.2, 0.25) is 10.0 Å². The van der Waals surface area contributed by atoms with Crippen molar-refractivity contribution in [1.29, 1.82) is 0 Å². The maximum atomic E-state index is 13.9. The molecule has 1 N–H and O–H groups in total. The Hall–Kier alpha value is -4.28. The maximum absolute atomic E-state index is 13.9. The van der Waals surface area contributed by atoms with Gasteiger partial charge in [-0.1, -0.05) is 36.4 Å². The number of carbonyl (C=O) groups is 2. The summed E-state index contributed by atoms with van der Waals surface area (Å²) >= 11 is 0. The number of carbonyl (C=O) groups excluding carboxylic acids is 2. The maximum Gasteiger partial charge on any atom is 0.277 e. The number of anilines is 1. The van der Waals surface area contributed by atoms with E-state index in [4.69, 9.17) is 4.42 Å². The smallest absolute Gasteiger partial charge is 0.277 e. The average Bonchev–Trinajstić information content (AvgIpc) is 3.36. The van der Waals surface area contributed by atoms with E-state index in [0.717, 1.165) is 9.87 Å². The van der Waals surface area contributed by atoms with Crippen molar-refractivity contribution in [2.45, 2.75) is 24.4 Å². The minimum atomic E-state index is -3.70. The molecule has 0 unspecified atom stereocenters. The molecule has 0 aliphatic heterocycles. The van der Waals surface area contributed by atoms with Crippen molar-refractivity contribution in [3.8, 4) is 0 Å². The van der Waals surface area contributed by atoms with Crippen molar-refractivity contribution in [3.63, 3.8) is 0 Å². The van der Waals surface area contributed by atoms with Crippen LogP contribution in [0.5, 0.6) is 0 Å². The number of amides is 2. The summed E-state index contributed by atoms with van der Waals surface area (Å²) in [4.78, 5) is 33.1. The van der Waals surface area contributed by atoms with Gasteiger partial charge in [0.25, 0.3) is 11.8 Å². The van der Waals surface area contributed by atoms with Gasteiger partial charge in [0.1, 0.15) is 17.2 Å². The molecule has 0 spiro atoms. The number of furan rings is 1. The van der Waals surface area contributed by atoms with E-state index in [1.807, 2.05) is 30.3 Å². The molecule has 196 valence electrons. The van der Waals surface area contributed by atoms with Crippen LogP contribution in [0.2, 0.25) is 0 Å². The molecule has 0 aliphatic rings. The van der Waals surface area contributed by atoms with Gasteiger partial charge in [-0.3, -0.25) is 19.5 Å². The van der Waals surface area contributed by atoms with Crippen LogP contribution in [0.15, 0.2) is 100 Å². The third-order valence-electron chi connectivity index (χ3n) is 5.84. The summed E-state index contributed by atoms with van der Waals surface area (Å²) in [5.74, 6) is -0.207. The molecule has 0 saturated carbocycles. The first-order chi connectivity index (χ1) is 18.2. The minimum Gasteiger partial charge on any atom is -0.464 e. The zero-order chi connectivity index (χ0) is 27.3. The zero-order valence-electron chi connectivity index (χ0n) is 21.2. The molecule has 9 nitrogen and oxygen atoms in total. The normalized spacial score (nSPS) is 12.2. The third kappa shape index (κ3) is 5.82. The highest BCUT2D eigenvalue weighted by Crippen LogP contribution is 2.31. The van der Waals surface area contributed by atoms with E-state index in [0.29, 0.717) is 11.4 Å². The van der Waals surface area contributed by atoms with Crippen LogP contribution in [0.1, 0.15) is 33.6 Å². The molecule has 0 bridgehead atoms. The van der Waals surface area contributed by atoms with Gasteiger partial charge in [0.15, 0.2) is 6.04 Å². The first-order valence-corrected chi connectivity index (χ1v) is 13.3. The second-order valence-corrected chi connectivity index (χ2v) is 10.9. The van der Waals surface area contributed by atoms with Crippen molar-refractivity contribution in [2.24, 2.45) is 0 Å². The molecular formula is C28H28N4O5S. The molecule has 0 saturated heterocycles. The van der Waals surface area contributed by atoms with Crippen LogP contribution in [0, 0.1) is 6.92 Å². The number of aromatic nitrogens is 1. The second-order valence-electron chi connectivity index (χ2n) is 8.73. The Kier molecular flexibility index (Phi) is 8.04. The Morgan fingerprint density at radius 3 is 2.18 bits per heavy atom. The molecule has 2 aromatic carbocycles. The van der Waals surface area contributed by atoms with E-state index < -0.39 is 27.9 Å². The number of nitrogens with one attached hydrogen (secondary N) is 1. The van der Waals surface area contributed by atoms with Crippen LogP contribution in [-0.2, 0) is 21.4 Å². The van der Waals surface area contributed by atoms with E-state index >= 15 is 0 Å². The number of rotatable bonds is 9. The van der Waals surface area contributed by atoms with Gasteiger partial charge >= 0.3 is 0 Å². The number of hydrogen-bond donors (Lipinski definition) is 1. The standard InChI is InChI=1S/C28H28N4O5S/c1-20-12-17-25(37-20)26(27(33)30-19-21-9-5-4-6-10-21)32(28(34)24-11-7-8-18-29-24)22-13-15-23(16-14-22)38(35,36)31(2)3/h4-18,26H,19H2,1-3H3,(H,30,33)/t26-/m1/s1. The monoisotopic (exact) mass is 532 g/mol. The van der Waals surface area contributed by atoms with Crippen LogP contribution < -0.4 is 10.2 Å². The number of nitrogens with zero attached hydrogens (tertiary/aromatic N) is 3. The summed E-state index contributed by atoms with van der Waals surface area (Å²) in [7, 11) is -0.823. The molecule has 2 heterocycles. The number of benzene rings is 2. The fourth-order valence-corrected chi connectivity index (χ4v) is 4.74. The third-order valence-corrected chi connectivity index (χ3v) is 7.67. The Morgan fingerprint density at radius 1 is 0.921 bits per heavy atom. The Morgan fingerprint density at radius 2 is 1.61 bits per heavy atom. The highest BCUT2D eigenvalue weighted by Gasteiger charge is 2.36. The molecule has 0 aliphatic carbocycles. The van der Waals surface area contributed by atoms with Gasteiger partial charge in [-0.2, -0.15) is 0 Å². The summed E-state index contributed by atoms with van der Waals surface area (Å²) < 4.78 is 32.2. The Bertz CT molecular complexity index is 1500. The molecular weight excluding hydrogens is 504 g/mol. The minimum absolute atomic E-state index is 0.0513. The van der Waals surface area contributed by atoms with Gasteiger partial charge in [0, 0.05) is 32.5 Å². The lowest BCUT2D eigenvalue weighted by molar-refractivity contribution is -0.123. The topological polar surface area (TPSA) is 113 Å². The van der Waals surface area contributed by atoms with E-state index in [1.165, 1.54) is 49.5 Å². The van der Waals surface area contributed by atoms with Gasteiger partial charge < -0.3 is 9.73 Å². The number of pyridine rings is 1. The van der Waals surface area contributed by atoms with Crippen molar-refractivity contribution in [2.75, 3.05) is 19.0 Å². The summed E-state index contributed by atoms with van der Waals surface area (Å²) in [5, 5.41) is 2.90. The van der Waals surface area contributed by atoms with Crippen LogP contribution in [0.25, 0.3) is 0 Å². The molecule has 0 radical (unpaired) electrons. The van der Waals surface area contributed by atoms with E-state index in [2.05, 4.69) is 10.3 Å². The lowest BCUT2D eigenvalue weighted by Crippen LogP contribution is -2.44. The number of hydrogen-bond acceptors (Lipinski definition) is 6. The molecule has 0 fully saturated rings. The molecule has 4 rings (SSSR count). The van der Waals surface area contributed by atoms with Crippen LogP contribution in [-0.4, -0.2) is 43.6 Å². The molecule has 1 atom stereocenters. The SMILES string of the molecule is Cc1ccc([C@H](C(=O)NCc2ccccc2)N(C(=O)c2ccccn2)c2ccc(S(=O)(=O)N(C)C)cc2)o1. The predicted octanol–water partition coefficient (Wildman–Crippen LogP) is 3.94. The molecule has 38 heavy (non-hydrogen) atoms. The second kappa shape index (κ2) is 11.4. The zero-order valence-corrected chi connectivity index (χ0v) is 22.1. The molecule has 10 heteroatoms. The highest BCUT2D eigenvalue weighted by atomic mass is 32.2. The first kappa shape index (κ1) is 26.8. The quantitative estimate of drug-likeness (QED) is 0.349. The summed E-state index contributed by atoms with van der Waals surface area (Å²) in [6.07, 6.45) is 1.49. The molecule has 2 aromatic heterocycles. The van der Waals surface area contributed by atoms with Gasteiger partial charge in [0.05, 0.1) is 4.90 Å². The lowest BCUT2D eigenvalue weighted by atomic mass is 10.1. The fraction of sp³-hybridized carbons (Fsp3) is 0.179. The van der Waals surface area contributed by atoms with Crippen molar-refractivity contribution in [3.05, 3.63) is 114 Å². The van der Waals surface area contributed by atoms with Crippen molar-refractivity contribution >= 4 is 27.5 Å². The fourth-order valence-electron chi connectivity index (χ4n) is 3.84. The van der Waals surface area contributed by atoms with Gasteiger partial charge in [-0.25, -0.2) is 12.7 Å². The van der Waals surface area contributed by atoms with Crippen LogP contribution >= 0.6 is 0 Å². The van der Waals surface area contributed by atoms with Gasteiger partial charge in [-0.15, -0.1) is 0 Å². The summed E-state index contributed by atoms with van der Waals surface area (Å²) in [5.41, 5.74) is 1.30. The largest absolute Gasteiger partial charge is 0.464 e. The predicted molar refractivity (Wildman–Crippen MR) is 143 cm³/mol. The van der Waals surface area contributed by atoms with E-state index in [9.17, 15) is 18.0 Å². The van der Waals surface area contributed by atoms with E-state index in [-0.39, 0.29) is 22.9 Å². The van der Waals surface area contributed by atoms with Crippen LogP contribution in [0.4, 0.5) is 5.69 Å². The van der Waals surface area contributed by atoms with E-state index in [1.54, 1.807) is 37.3 Å². The average molecular weight is 533 g/mol. The van der Waals surface area contributed by atoms with Gasteiger partial charge in [-0.05, 0) is 61.0 Å². The lowest BCUT2D eigenvalue weighted by Gasteiger charge is -2.30. The highest BCUT2D eigenvalue weighted by molar-refractivity contribution is 7.89. The number of sulfonamides is 1. The number of aryl methyl sites for hydroxylation is 1. The summed E-state index contributed by atoms with van der Waals surface area (Å²) in [6, 6.07) is 22.2. The van der Waals surface area contributed by atoms with Crippen molar-refractivity contribution in [1.82, 2.24) is 14.6 Å². The molecule has 2 amide bonds. The first-order valence-electron chi connectivity index (χ1n) is 11.8. The molecule has 4 aromatic rings. The Balaban J connectivity index is 1.79. The Labute approximate surface area is 221 Å². The van der Waals surface area contributed by atoms with Crippen LogP contribution in [0.3, 0.4) is 0 Å². The summed E-state index contributed by atoms with van der Waals surface area (Å²) in [6.45, 7) is 1.98.